The molecular formula is C13H17NO2. The molecule has 1 aromatic rings. The summed E-state index contributed by atoms with van der Waals surface area (Å²) in [6.07, 6.45) is 3.72. The molecule has 1 atom stereocenters. The molecule has 1 aliphatic heterocycles. The van der Waals surface area contributed by atoms with Crippen LogP contribution in [0.2, 0.25) is 0 Å². The van der Waals surface area contributed by atoms with Crippen molar-refractivity contribution >= 4 is 0 Å². The van der Waals surface area contributed by atoms with E-state index in [9.17, 15) is 0 Å². The van der Waals surface area contributed by atoms with E-state index >= 15 is 0 Å². The van der Waals surface area contributed by atoms with Crippen LogP contribution in [0.25, 0.3) is 0 Å². The van der Waals surface area contributed by atoms with Gasteiger partial charge in [-0.3, -0.25) is 0 Å². The number of nitrogens with two attached hydrogens (primary N) is 1. The number of hydrogen-bond acceptors (Lipinski definition) is 3. The molecule has 0 amide bonds. The van der Waals surface area contributed by atoms with Crippen molar-refractivity contribution in [1.29, 1.82) is 0 Å². The van der Waals surface area contributed by atoms with Crippen molar-refractivity contribution in [3.8, 4) is 11.5 Å². The summed E-state index contributed by atoms with van der Waals surface area (Å²) < 4.78 is 11.0. The fraction of sp³-hybridized carbons (Fsp3) is 0.385. The number of ether oxygens (including phenoxy) is 2. The van der Waals surface area contributed by atoms with Gasteiger partial charge in [0, 0.05) is 6.04 Å². The Labute approximate surface area is 95.9 Å². The Balaban J connectivity index is 2.13. The van der Waals surface area contributed by atoms with Gasteiger partial charge >= 0.3 is 0 Å². The second kappa shape index (κ2) is 5.03. The molecule has 16 heavy (non-hydrogen) atoms. The van der Waals surface area contributed by atoms with Gasteiger partial charge in [-0.2, -0.15) is 0 Å². The molecule has 2 N–H and O–H groups in total. The zero-order chi connectivity index (χ0) is 11.4. The fourth-order valence-corrected chi connectivity index (χ4v) is 1.75. The van der Waals surface area contributed by atoms with E-state index in [1.165, 1.54) is 0 Å². The van der Waals surface area contributed by atoms with E-state index in [2.05, 4.69) is 6.58 Å². The summed E-state index contributed by atoms with van der Waals surface area (Å²) in [4.78, 5) is 0. The van der Waals surface area contributed by atoms with Gasteiger partial charge in [-0.15, -0.1) is 6.58 Å². The maximum atomic E-state index is 6.07. The lowest BCUT2D eigenvalue weighted by Gasteiger charge is -2.20. The van der Waals surface area contributed by atoms with Gasteiger partial charge in [0.15, 0.2) is 11.5 Å². The third-order valence-corrected chi connectivity index (χ3v) is 2.68. The quantitative estimate of drug-likeness (QED) is 0.791. The molecule has 0 bridgehead atoms. The van der Waals surface area contributed by atoms with Crippen LogP contribution in [0.15, 0.2) is 30.9 Å². The third-order valence-electron chi connectivity index (χ3n) is 2.68. The maximum Gasteiger partial charge on any atom is 0.161 e. The Morgan fingerprint density at radius 3 is 2.81 bits per heavy atom. The average Bonchev–Trinajstić information content (AvgIpc) is 2.35. The number of hydrogen-bond donors (Lipinski definition) is 1. The van der Waals surface area contributed by atoms with E-state index in [0.29, 0.717) is 13.2 Å². The Bertz CT molecular complexity index is 376. The zero-order valence-electron chi connectivity index (χ0n) is 9.32. The molecule has 0 aromatic heterocycles. The highest BCUT2D eigenvalue weighted by molar-refractivity contribution is 5.44. The molecule has 3 nitrogen and oxygen atoms in total. The van der Waals surface area contributed by atoms with E-state index < -0.39 is 0 Å². The van der Waals surface area contributed by atoms with Crippen LogP contribution in [0, 0.1) is 0 Å². The molecule has 0 spiro atoms. The highest BCUT2D eigenvalue weighted by atomic mass is 16.6. The molecule has 0 saturated carbocycles. The van der Waals surface area contributed by atoms with E-state index in [-0.39, 0.29) is 6.04 Å². The normalized spacial score (nSPS) is 15.6. The Morgan fingerprint density at radius 2 is 2.06 bits per heavy atom. The first-order valence-corrected chi connectivity index (χ1v) is 5.57. The summed E-state index contributed by atoms with van der Waals surface area (Å²) in [7, 11) is 0. The van der Waals surface area contributed by atoms with Crippen molar-refractivity contribution in [2.75, 3.05) is 13.2 Å². The smallest absolute Gasteiger partial charge is 0.161 e. The first-order valence-electron chi connectivity index (χ1n) is 5.57. The first kappa shape index (κ1) is 11.0. The van der Waals surface area contributed by atoms with Crippen LogP contribution < -0.4 is 15.2 Å². The highest BCUT2D eigenvalue weighted by Gasteiger charge is 2.14. The minimum absolute atomic E-state index is 0.0360. The molecule has 0 saturated heterocycles. The van der Waals surface area contributed by atoms with Crippen LogP contribution in [0.5, 0.6) is 11.5 Å². The van der Waals surface area contributed by atoms with Crippen molar-refractivity contribution in [3.63, 3.8) is 0 Å². The first-order chi connectivity index (χ1) is 7.81. The average molecular weight is 219 g/mol. The minimum atomic E-state index is 0.0360. The van der Waals surface area contributed by atoms with E-state index in [0.717, 1.165) is 29.9 Å². The summed E-state index contributed by atoms with van der Waals surface area (Å²) in [5.41, 5.74) is 7.16. The Morgan fingerprint density at radius 1 is 1.31 bits per heavy atom. The Kier molecular flexibility index (Phi) is 3.47. The molecule has 0 unspecified atom stereocenters. The summed E-state index contributed by atoms with van der Waals surface area (Å²) in [6.45, 7) is 4.93. The van der Waals surface area contributed by atoms with Gasteiger partial charge in [-0.25, -0.2) is 0 Å². The number of rotatable bonds is 4. The van der Waals surface area contributed by atoms with Crippen molar-refractivity contribution in [1.82, 2.24) is 0 Å². The van der Waals surface area contributed by atoms with Gasteiger partial charge in [-0.1, -0.05) is 12.1 Å². The summed E-state index contributed by atoms with van der Waals surface area (Å²) >= 11 is 0. The molecule has 86 valence electrons. The summed E-state index contributed by atoms with van der Waals surface area (Å²) in [5, 5.41) is 0. The van der Waals surface area contributed by atoms with Crippen LogP contribution in [0.1, 0.15) is 24.4 Å². The van der Waals surface area contributed by atoms with Gasteiger partial charge in [0.1, 0.15) is 13.2 Å². The van der Waals surface area contributed by atoms with Crippen LogP contribution >= 0.6 is 0 Å². The number of benzene rings is 1. The number of allylic oxidation sites excluding steroid dienone is 1. The van der Waals surface area contributed by atoms with E-state index in [1.807, 2.05) is 24.3 Å². The maximum absolute atomic E-state index is 6.07. The molecule has 1 heterocycles. The predicted octanol–water partition coefficient (Wildman–Crippen LogP) is 2.42. The molecular weight excluding hydrogens is 202 g/mol. The lowest BCUT2D eigenvalue weighted by molar-refractivity contribution is 0.171. The molecule has 1 aromatic carbocycles. The molecule has 0 aliphatic carbocycles. The topological polar surface area (TPSA) is 44.5 Å². The molecule has 2 rings (SSSR count). The third kappa shape index (κ3) is 2.36. The van der Waals surface area contributed by atoms with Crippen LogP contribution in [-0.2, 0) is 0 Å². The Hall–Kier alpha value is -1.48. The standard InChI is InChI=1S/C13H17NO2/c1-2-3-4-11(14)10-5-6-12-13(9-10)16-8-7-15-12/h2,5-6,9,11H,1,3-4,7-8,14H2/t11-/m0/s1. The second-order valence-corrected chi connectivity index (χ2v) is 3.88. The van der Waals surface area contributed by atoms with E-state index in [1.54, 1.807) is 0 Å². The van der Waals surface area contributed by atoms with Gasteiger partial charge in [0.25, 0.3) is 0 Å². The summed E-state index contributed by atoms with van der Waals surface area (Å²) in [5.74, 6) is 1.61. The van der Waals surface area contributed by atoms with Gasteiger partial charge in [0.2, 0.25) is 0 Å². The largest absolute Gasteiger partial charge is 0.486 e. The lowest BCUT2D eigenvalue weighted by Crippen LogP contribution is -2.16. The second-order valence-electron chi connectivity index (χ2n) is 3.88. The SMILES string of the molecule is C=CCC[C@H](N)c1ccc2c(c1)OCCO2. The van der Waals surface area contributed by atoms with Crippen LogP contribution in [-0.4, -0.2) is 13.2 Å². The van der Waals surface area contributed by atoms with Crippen molar-refractivity contribution in [2.24, 2.45) is 5.73 Å². The van der Waals surface area contributed by atoms with Crippen molar-refractivity contribution in [2.45, 2.75) is 18.9 Å². The predicted molar refractivity (Wildman–Crippen MR) is 63.8 cm³/mol. The lowest BCUT2D eigenvalue weighted by atomic mass is 10.0. The number of fused-ring (bicyclic) bond motifs is 1. The van der Waals surface area contributed by atoms with E-state index in [4.69, 9.17) is 15.2 Å². The van der Waals surface area contributed by atoms with Crippen molar-refractivity contribution < 1.29 is 9.47 Å². The van der Waals surface area contributed by atoms with Crippen molar-refractivity contribution in [3.05, 3.63) is 36.4 Å². The highest BCUT2D eigenvalue weighted by Crippen LogP contribution is 2.32. The van der Waals surface area contributed by atoms with Crippen LogP contribution in [0.3, 0.4) is 0 Å². The molecule has 1 aliphatic rings. The fourth-order valence-electron chi connectivity index (χ4n) is 1.75. The monoisotopic (exact) mass is 219 g/mol. The van der Waals surface area contributed by atoms with Gasteiger partial charge in [0.05, 0.1) is 0 Å². The van der Waals surface area contributed by atoms with Gasteiger partial charge < -0.3 is 15.2 Å². The van der Waals surface area contributed by atoms with Gasteiger partial charge in [-0.05, 0) is 30.5 Å². The van der Waals surface area contributed by atoms with Crippen LogP contribution in [0.4, 0.5) is 0 Å². The molecule has 0 radical (unpaired) electrons. The molecule has 0 fully saturated rings. The minimum Gasteiger partial charge on any atom is -0.486 e. The summed E-state index contributed by atoms with van der Waals surface area (Å²) in [6, 6.07) is 5.94. The molecule has 3 heteroatoms. The zero-order valence-corrected chi connectivity index (χ0v) is 9.32.